The first kappa shape index (κ1) is 78.6. The molecule has 8 N–H and O–H groups in total. The zero-order valence-corrected chi connectivity index (χ0v) is 54.2. The molecule has 0 radical (unpaired) electrons. The van der Waals surface area contributed by atoms with Crippen molar-refractivity contribution in [3.8, 4) is 0 Å². The van der Waals surface area contributed by atoms with Crippen molar-refractivity contribution in [2.45, 2.75) is 397 Å². The van der Waals surface area contributed by atoms with Gasteiger partial charge in [0.2, 0.25) is 11.8 Å². The number of hydrogen-bond acceptors (Lipinski definition) is 15. The summed E-state index contributed by atoms with van der Waals surface area (Å²) in [5.41, 5.74) is 0. The Morgan fingerprint density at radius 2 is 0.694 bits per heavy atom. The molecule has 2 saturated heterocycles. The molecule has 12 atom stereocenters. The number of aliphatic hydroxyl groups excluding tert-OH is 6. The Balaban J connectivity index is 2.05. The van der Waals surface area contributed by atoms with Crippen molar-refractivity contribution in [2.75, 3.05) is 13.2 Å². The molecule has 0 aromatic heterocycles. The molecule has 2 rings (SSSR count). The van der Waals surface area contributed by atoms with Gasteiger partial charge in [-0.15, -0.1) is 0 Å². The molecule has 0 spiro atoms. The van der Waals surface area contributed by atoms with Crippen molar-refractivity contribution in [2.24, 2.45) is 0 Å². The molecule has 2 fully saturated rings. The summed E-state index contributed by atoms with van der Waals surface area (Å²) in [6.07, 6.45) is 31.8. The van der Waals surface area contributed by atoms with Gasteiger partial charge in [0.15, 0.2) is 12.6 Å². The maximum atomic E-state index is 13.9. The number of aliphatic hydroxyl groups is 6. The van der Waals surface area contributed by atoms with Crippen LogP contribution in [0, 0.1) is 0 Å². The summed E-state index contributed by atoms with van der Waals surface area (Å²) >= 11 is 0. The lowest BCUT2D eigenvalue weighted by Crippen LogP contribution is -2.66. The van der Waals surface area contributed by atoms with Crippen LogP contribution in [0.3, 0.4) is 0 Å². The number of rotatable bonds is 56. The average Bonchev–Trinajstić information content (AvgIpc) is 3.49. The lowest BCUT2D eigenvalue weighted by atomic mass is 9.95. The van der Waals surface area contributed by atoms with Crippen LogP contribution in [0.25, 0.3) is 0 Å². The number of esters is 2. The van der Waals surface area contributed by atoms with Gasteiger partial charge >= 0.3 is 11.9 Å². The highest BCUT2D eigenvalue weighted by Crippen LogP contribution is 2.27. The fraction of sp³-hybridized carbons (Fsp3) is 0.941. The van der Waals surface area contributed by atoms with Crippen LogP contribution in [-0.4, -0.2) is 141 Å². The van der Waals surface area contributed by atoms with Crippen LogP contribution in [0.15, 0.2) is 0 Å². The van der Waals surface area contributed by atoms with Crippen LogP contribution in [-0.2, 0) is 42.9 Å². The van der Waals surface area contributed by atoms with E-state index < -0.39 is 98.5 Å². The highest BCUT2D eigenvalue weighted by molar-refractivity contribution is 5.78. The predicted molar refractivity (Wildman–Crippen MR) is 335 cm³/mol. The van der Waals surface area contributed by atoms with Gasteiger partial charge < -0.3 is 65.0 Å². The van der Waals surface area contributed by atoms with E-state index in [2.05, 4.69) is 38.3 Å². The van der Waals surface area contributed by atoms with E-state index in [1.165, 1.54) is 154 Å². The van der Waals surface area contributed by atoms with Crippen LogP contribution < -0.4 is 10.6 Å². The van der Waals surface area contributed by atoms with Crippen LogP contribution in [0.2, 0.25) is 0 Å². The molecule has 500 valence electrons. The van der Waals surface area contributed by atoms with Crippen molar-refractivity contribution in [3.63, 3.8) is 0 Å². The maximum absolute atomic E-state index is 13.9. The number of hydrogen-bond donors (Lipinski definition) is 8. The van der Waals surface area contributed by atoms with Gasteiger partial charge in [0, 0.05) is 12.8 Å². The SMILES string of the molecule is CCCCCCCCCCCCC(=O)O[C@@H](CCCCCCCCCCCC)CC(=O)N[C@@H]1[C@@H](O)[C@H](O)[C@@H](CO[C@@H]2O[C@H](CO)[C@@H](O)[C@H](O)[C@H]2NC(=O)C[C@H](CCCCCCCCCCCC)OC(=O)CCCCCCCCCCCC)O[C@@H]1O. The van der Waals surface area contributed by atoms with Crippen molar-refractivity contribution >= 4 is 23.8 Å². The predicted octanol–water partition coefficient (Wildman–Crippen LogP) is 12.7. The third-order valence-corrected chi connectivity index (χ3v) is 17.3. The summed E-state index contributed by atoms with van der Waals surface area (Å²) in [6, 6.07) is -2.88. The van der Waals surface area contributed by atoms with E-state index in [9.17, 15) is 49.8 Å². The van der Waals surface area contributed by atoms with Crippen LogP contribution >= 0.6 is 0 Å². The second-order valence-corrected chi connectivity index (χ2v) is 25.2. The zero-order chi connectivity index (χ0) is 62.1. The fourth-order valence-electron chi connectivity index (χ4n) is 11.8. The molecule has 17 nitrogen and oxygen atoms in total. The summed E-state index contributed by atoms with van der Waals surface area (Å²) < 4.78 is 29.4. The maximum Gasteiger partial charge on any atom is 0.306 e. The Bertz CT molecular complexity index is 1630. The average molecular weight is 1210 g/mol. The van der Waals surface area contributed by atoms with Gasteiger partial charge in [-0.2, -0.15) is 0 Å². The standard InChI is InChI=1S/C68H128N2O15/c1-5-9-13-17-21-25-29-33-37-41-45-53(82-59(74)47-43-39-35-31-27-23-19-15-11-7-3)49-57(72)69-61-65(78)64(77)56(84-67(61)80)52-81-68-62(66(79)63(76)55(51-71)85-68)70-58(73)50-54(46-42-38-34-30-26-22-18-14-10-6-2)83-60(75)48-44-40-36-32-28-24-20-16-12-8-4/h53-56,61-68,71,76-80H,5-52H2,1-4H3,(H,69,72)(H,70,73)/t53-,54-,55+,56+,61+,62+,63+,64+,65+,66+,67-,68+/m0/s1. The van der Waals surface area contributed by atoms with E-state index in [1.54, 1.807) is 0 Å². The molecule has 0 saturated carbocycles. The number of amides is 2. The smallest absolute Gasteiger partial charge is 0.306 e. The van der Waals surface area contributed by atoms with Gasteiger partial charge in [0.05, 0.1) is 26.1 Å². The minimum atomic E-state index is -1.82. The van der Waals surface area contributed by atoms with E-state index in [-0.39, 0.29) is 37.6 Å². The van der Waals surface area contributed by atoms with Gasteiger partial charge in [-0.1, -0.05) is 259 Å². The minimum absolute atomic E-state index is 0.214. The number of unbranched alkanes of at least 4 members (excludes halogenated alkanes) is 36. The second-order valence-electron chi connectivity index (χ2n) is 25.2. The zero-order valence-electron chi connectivity index (χ0n) is 54.2. The number of carbonyl (C=O) groups is 4. The number of ether oxygens (including phenoxy) is 5. The topological polar surface area (TPSA) is 260 Å². The van der Waals surface area contributed by atoms with Gasteiger partial charge in [-0.3, -0.25) is 19.2 Å². The van der Waals surface area contributed by atoms with Gasteiger partial charge in [-0.25, -0.2) is 0 Å². The molecule has 0 unspecified atom stereocenters. The van der Waals surface area contributed by atoms with Crippen molar-refractivity contribution in [3.05, 3.63) is 0 Å². The Labute approximate surface area is 515 Å². The van der Waals surface area contributed by atoms with Crippen molar-refractivity contribution < 1.29 is 73.5 Å². The summed E-state index contributed by atoms with van der Waals surface area (Å²) in [5.74, 6) is -1.94. The first-order valence-corrected chi connectivity index (χ1v) is 35.2. The molecule has 2 aliphatic heterocycles. The molecule has 0 bridgehead atoms. The molecule has 0 aliphatic carbocycles. The van der Waals surface area contributed by atoms with Crippen LogP contribution in [0.4, 0.5) is 0 Å². The quantitative estimate of drug-likeness (QED) is 0.0208. The largest absolute Gasteiger partial charge is 0.462 e. The lowest BCUT2D eigenvalue weighted by molar-refractivity contribution is -0.298. The normalized spacial score (nSPS) is 23.1. The Kier molecular flexibility index (Phi) is 48.4. The third kappa shape index (κ3) is 38.0. The van der Waals surface area contributed by atoms with Gasteiger partial charge in [0.25, 0.3) is 0 Å². The summed E-state index contributed by atoms with van der Waals surface area (Å²) in [7, 11) is 0. The molecule has 2 heterocycles. The molecule has 2 aliphatic rings. The summed E-state index contributed by atoms with van der Waals surface area (Å²) in [6.45, 7) is 7.57. The Morgan fingerprint density at radius 1 is 0.388 bits per heavy atom. The number of nitrogens with one attached hydrogen (secondary N) is 2. The Morgan fingerprint density at radius 3 is 1.05 bits per heavy atom. The third-order valence-electron chi connectivity index (χ3n) is 17.3. The first-order chi connectivity index (χ1) is 41.3. The molecule has 85 heavy (non-hydrogen) atoms. The molecule has 2 amide bonds. The van der Waals surface area contributed by atoms with Crippen LogP contribution in [0.1, 0.15) is 323 Å². The monoisotopic (exact) mass is 1210 g/mol. The Hall–Kier alpha value is -2.48. The first-order valence-electron chi connectivity index (χ1n) is 35.2. The number of carbonyl (C=O) groups excluding carboxylic acids is 4. The summed E-state index contributed by atoms with van der Waals surface area (Å²) in [4.78, 5) is 53.8. The minimum Gasteiger partial charge on any atom is -0.462 e. The van der Waals surface area contributed by atoms with E-state index >= 15 is 0 Å². The van der Waals surface area contributed by atoms with Crippen molar-refractivity contribution in [1.29, 1.82) is 0 Å². The van der Waals surface area contributed by atoms with Gasteiger partial charge in [0.1, 0.15) is 60.9 Å². The summed E-state index contributed by atoms with van der Waals surface area (Å²) in [5, 5.41) is 71.5. The lowest BCUT2D eigenvalue weighted by Gasteiger charge is -2.44. The molecule has 0 aromatic carbocycles. The molecule has 0 aromatic rings. The highest BCUT2D eigenvalue weighted by Gasteiger charge is 2.48. The van der Waals surface area contributed by atoms with Gasteiger partial charge in [-0.05, 0) is 38.5 Å². The van der Waals surface area contributed by atoms with E-state index in [0.717, 1.165) is 89.9 Å². The second kappa shape index (κ2) is 52.3. The highest BCUT2D eigenvalue weighted by atomic mass is 16.7. The molecular formula is C68H128N2O15. The van der Waals surface area contributed by atoms with E-state index in [4.69, 9.17) is 23.7 Å². The molecular weight excluding hydrogens is 1080 g/mol. The fourth-order valence-corrected chi connectivity index (χ4v) is 11.8. The molecule has 17 heteroatoms. The van der Waals surface area contributed by atoms with Crippen molar-refractivity contribution in [1.82, 2.24) is 10.6 Å². The van der Waals surface area contributed by atoms with Crippen LogP contribution in [0.5, 0.6) is 0 Å². The van der Waals surface area contributed by atoms with E-state index in [1.807, 2.05) is 0 Å². The van der Waals surface area contributed by atoms with E-state index in [0.29, 0.717) is 25.7 Å².